The summed E-state index contributed by atoms with van der Waals surface area (Å²) in [6.45, 7) is 3.71. The van der Waals surface area contributed by atoms with Gasteiger partial charge in [0, 0.05) is 31.1 Å². The first-order valence-electron chi connectivity index (χ1n) is 8.70. The van der Waals surface area contributed by atoms with Crippen LogP contribution in [0.5, 0.6) is 0 Å². The van der Waals surface area contributed by atoms with Crippen LogP contribution < -0.4 is 0 Å². The van der Waals surface area contributed by atoms with Crippen molar-refractivity contribution in [2.24, 2.45) is 0 Å². The van der Waals surface area contributed by atoms with E-state index >= 15 is 0 Å². The smallest absolute Gasteiger partial charge is 0.255 e. The highest BCUT2D eigenvalue weighted by Crippen LogP contribution is 2.25. The molecule has 0 aliphatic carbocycles. The molecule has 7 heteroatoms. The third-order valence-corrected chi connectivity index (χ3v) is 5.86. The zero-order chi connectivity index (χ0) is 19.4. The van der Waals surface area contributed by atoms with Gasteiger partial charge in [-0.05, 0) is 37.3 Å². The molecule has 1 atom stereocenters. The van der Waals surface area contributed by atoms with Crippen molar-refractivity contribution in [2.75, 3.05) is 26.2 Å². The van der Waals surface area contributed by atoms with E-state index in [9.17, 15) is 14.0 Å². The second kappa shape index (κ2) is 8.76. The highest BCUT2D eigenvalue weighted by Gasteiger charge is 2.28. The monoisotopic (exact) mass is 406 g/mol. The predicted molar refractivity (Wildman–Crippen MR) is 106 cm³/mol. The quantitative estimate of drug-likeness (QED) is 0.722. The van der Waals surface area contributed by atoms with Crippen molar-refractivity contribution in [3.05, 3.63) is 64.9 Å². The standard InChI is InChI=1S/C20H20ClFN2O2S/c1-14(27-16-5-3-2-4-6-16)19(25)23-9-11-24(12-10-23)20(26)17-8-7-15(22)13-18(17)21/h2-8,13-14H,9-12H2,1H3. The first-order chi connectivity index (χ1) is 13.0. The van der Waals surface area contributed by atoms with Crippen molar-refractivity contribution in [3.63, 3.8) is 0 Å². The lowest BCUT2D eigenvalue weighted by Crippen LogP contribution is -2.52. The molecule has 0 radical (unpaired) electrons. The van der Waals surface area contributed by atoms with Gasteiger partial charge in [0.1, 0.15) is 5.82 Å². The average molecular weight is 407 g/mol. The molecule has 3 rings (SSSR count). The molecule has 1 aliphatic heterocycles. The van der Waals surface area contributed by atoms with Gasteiger partial charge in [0.05, 0.1) is 15.8 Å². The SMILES string of the molecule is CC(Sc1ccccc1)C(=O)N1CCN(C(=O)c2ccc(F)cc2Cl)CC1. The van der Waals surface area contributed by atoms with Gasteiger partial charge < -0.3 is 9.80 Å². The van der Waals surface area contributed by atoms with Crippen LogP contribution in [0.4, 0.5) is 4.39 Å². The maximum Gasteiger partial charge on any atom is 0.255 e. The van der Waals surface area contributed by atoms with Crippen molar-refractivity contribution >= 4 is 35.2 Å². The Morgan fingerprint density at radius 2 is 1.67 bits per heavy atom. The maximum atomic E-state index is 13.2. The number of hydrogen-bond donors (Lipinski definition) is 0. The van der Waals surface area contributed by atoms with E-state index in [0.717, 1.165) is 11.0 Å². The van der Waals surface area contributed by atoms with Crippen LogP contribution in [-0.2, 0) is 4.79 Å². The Bertz CT molecular complexity index is 826. The van der Waals surface area contributed by atoms with Gasteiger partial charge in [0.15, 0.2) is 0 Å². The van der Waals surface area contributed by atoms with Crippen molar-refractivity contribution < 1.29 is 14.0 Å². The van der Waals surface area contributed by atoms with Gasteiger partial charge in [-0.15, -0.1) is 11.8 Å². The topological polar surface area (TPSA) is 40.6 Å². The van der Waals surface area contributed by atoms with Crippen molar-refractivity contribution in [1.82, 2.24) is 9.80 Å². The molecule has 0 N–H and O–H groups in total. The molecule has 1 aliphatic rings. The largest absolute Gasteiger partial charge is 0.338 e. The van der Waals surface area contributed by atoms with E-state index in [1.165, 1.54) is 23.9 Å². The fraction of sp³-hybridized carbons (Fsp3) is 0.300. The van der Waals surface area contributed by atoms with Crippen LogP contribution in [0.25, 0.3) is 0 Å². The second-order valence-electron chi connectivity index (χ2n) is 6.31. The molecule has 0 aromatic heterocycles. The Balaban J connectivity index is 1.56. The van der Waals surface area contributed by atoms with Crippen LogP contribution in [0.1, 0.15) is 17.3 Å². The number of thioether (sulfide) groups is 1. The lowest BCUT2D eigenvalue weighted by molar-refractivity contribution is -0.131. The lowest BCUT2D eigenvalue weighted by Gasteiger charge is -2.36. The molecule has 4 nitrogen and oxygen atoms in total. The summed E-state index contributed by atoms with van der Waals surface area (Å²) in [7, 11) is 0. The molecule has 1 saturated heterocycles. The van der Waals surface area contributed by atoms with E-state index < -0.39 is 5.82 Å². The number of piperazine rings is 1. The Kier molecular flexibility index (Phi) is 6.39. The number of halogens is 2. The molecule has 2 aromatic carbocycles. The van der Waals surface area contributed by atoms with E-state index in [1.54, 1.807) is 9.80 Å². The van der Waals surface area contributed by atoms with Gasteiger partial charge in [-0.1, -0.05) is 29.8 Å². The van der Waals surface area contributed by atoms with E-state index in [2.05, 4.69) is 0 Å². The molecule has 27 heavy (non-hydrogen) atoms. The first-order valence-corrected chi connectivity index (χ1v) is 9.96. The summed E-state index contributed by atoms with van der Waals surface area (Å²) in [5, 5.41) is -0.0902. The molecule has 1 fully saturated rings. The number of benzene rings is 2. The zero-order valence-electron chi connectivity index (χ0n) is 14.9. The minimum absolute atomic E-state index is 0.0655. The number of hydrogen-bond acceptors (Lipinski definition) is 3. The number of carbonyl (C=O) groups excluding carboxylic acids is 2. The van der Waals surface area contributed by atoms with E-state index in [-0.39, 0.29) is 27.7 Å². The van der Waals surface area contributed by atoms with E-state index in [1.807, 2.05) is 37.3 Å². The van der Waals surface area contributed by atoms with Crippen LogP contribution >= 0.6 is 23.4 Å². The summed E-state index contributed by atoms with van der Waals surface area (Å²) in [6, 6.07) is 13.6. The van der Waals surface area contributed by atoms with Gasteiger partial charge in [-0.3, -0.25) is 9.59 Å². The van der Waals surface area contributed by atoms with Crippen LogP contribution in [-0.4, -0.2) is 53.0 Å². The maximum absolute atomic E-state index is 13.2. The van der Waals surface area contributed by atoms with Crippen LogP contribution in [0, 0.1) is 5.82 Å². The third-order valence-electron chi connectivity index (χ3n) is 4.44. The van der Waals surface area contributed by atoms with E-state index in [0.29, 0.717) is 26.2 Å². The molecule has 2 aromatic rings. The predicted octanol–water partition coefficient (Wildman–Crippen LogP) is 3.94. The van der Waals surface area contributed by atoms with Gasteiger partial charge >= 0.3 is 0 Å². The zero-order valence-corrected chi connectivity index (χ0v) is 16.5. The summed E-state index contributed by atoms with van der Waals surface area (Å²) in [5.41, 5.74) is 0.283. The van der Waals surface area contributed by atoms with Gasteiger partial charge in [-0.25, -0.2) is 4.39 Å². The van der Waals surface area contributed by atoms with Gasteiger partial charge in [0.25, 0.3) is 5.91 Å². The average Bonchev–Trinajstić information content (AvgIpc) is 2.68. The fourth-order valence-electron chi connectivity index (χ4n) is 2.97. The molecule has 142 valence electrons. The summed E-state index contributed by atoms with van der Waals surface area (Å²) in [5.74, 6) is -0.647. The molecule has 0 bridgehead atoms. The molecule has 0 spiro atoms. The molecular weight excluding hydrogens is 387 g/mol. The Labute approximate surface area is 167 Å². The summed E-state index contributed by atoms with van der Waals surface area (Å²) < 4.78 is 13.2. The third kappa shape index (κ3) is 4.82. The molecule has 2 amide bonds. The number of rotatable bonds is 4. The Morgan fingerprint density at radius 3 is 2.30 bits per heavy atom. The summed E-state index contributed by atoms with van der Waals surface area (Å²) in [6.07, 6.45) is 0. The second-order valence-corrected chi connectivity index (χ2v) is 8.14. The number of amides is 2. The van der Waals surface area contributed by atoms with Crippen LogP contribution in [0.15, 0.2) is 53.4 Å². The van der Waals surface area contributed by atoms with Crippen molar-refractivity contribution in [2.45, 2.75) is 17.1 Å². The van der Waals surface area contributed by atoms with Gasteiger partial charge in [0.2, 0.25) is 5.91 Å². The first kappa shape index (κ1) is 19.7. The Hall–Kier alpha value is -2.05. The Morgan fingerprint density at radius 1 is 1.04 bits per heavy atom. The van der Waals surface area contributed by atoms with Crippen molar-refractivity contribution in [3.8, 4) is 0 Å². The fourth-order valence-corrected chi connectivity index (χ4v) is 4.19. The molecule has 1 heterocycles. The van der Waals surface area contributed by atoms with Crippen LogP contribution in [0.3, 0.4) is 0 Å². The molecule has 0 saturated carbocycles. The lowest BCUT2D eigenvalue weighted by atomic mass is 10.1. The molecule has 1 unspecified atom stereocenters. The normalized spacial score (nSPS) is 15.5. The molecular formula is C20H20ClFN2O2S. The minimum atomic E-state index is -0.475. The highest BCUT2D eigenvalue weighted by molar-refractivity contribution is 8.00. The van der Waals surface area contributed by atoms with Crippen molar-refractivity contribution in [1.29, 1.82) is 0 Å². The van der Waals surface area contributed by atoms with Crippen LogP contribution in [0.2, 0.25) is 5.02 Å². The summed E-state index contributed by atoms with van der Waals surface area (Å²) >= 11 is 7.51. The van der Waals surface area contributed by atoms with E-state index in [4.69, 9.17) is 11.6 Å². The summed E-state index contributed by atoms with van der Waals surface area (Å²) in [4.78, 5) is 29.8. The van der Waals surface area contributed by atoms with Gasteiger partial charge in [-0.2, -0.15) is 0 Å². The number of carbonyl (C=O) groups is 2. The minimum Gasteiger partial charge on any atom is -0.338 e. The highest BCUT2D eigenvalue weighted by atomic mass is 35.5. The number of nitrogens with zero attached hydrogens (tertiary/aromatic N) is 2.